The van der Waals surface area contributed by atoms with Gasteiger partial charge in [0.05, 0.1) is 0 Å². The standard InChI is InChI=1S/C17H20FN3O3/c1-3-14(21-10-4-5-15(21)22)17-20-19-16(24-17)11(2)23-13-8-6-12(18)7-9-13/h6-9,11,14H,3-5,10H2,1-2H3/t11-,14+/m1/s1. The van der Waals surface area contributed by atoms with Gasteiger partial charge in [-0.2, -0.15) is 0 Å². The fraction of sp³-hybridized carbons (Fsp3) is 0.471. The lowest BCUT2D eigenvalue weighted by molar-refractivity contribution is -0.130. The SMILES string of the molecule is CC[C@@H](c1nnc([C@@H](C)Oc2ccc(F)cc2)o1)N1CCCC1=O. The second-order valence-electron chi connectivity index (χ2n) is 5.81. The number of halogens is 1. The van der Waals surface area contributed by atoms with Gasteiger partial charge in [-0.25, -0.2) is 4.39 Å². The maximum absolute atomic E-state index is 12.9. The van der Waals surface area contributed by atoms with Crippen molar-refractivity contribution in [1.29, 1.82) is 0 Å². The van der Waals surface area contributed by atoms with E-state index in [2.05, 4.69) is 10.2 Å². The minimum absolute atomic E-state index is 0.122. The van der Waals surface area contributed by atoms with E-state index in [0.717, 1.165) is 13.0 Å². The molecule has 0 saturated carbocycles. The monoisotopic (exact) mass is 333 g/mol. The molecule has 2 heterocycles. The van der Waals surface area contributed by atoms with Crippen molar-refractivity contribution in [2.75, 3.05) is 6.54 Å². The number of amides is 1. The summed E-state index contributed by atoms with van der Waals surface area (Å²) in [5, 5.41) is 8.13. The van der Waals surface area contributed by atoms with Crippen LogP contribution in [0.2, 0.25) is 0 Å². The maximum Gasteiger partial charge on any atom is 0.256 e. The molecule has 24 heavy (non-hydrogen) atoms. The Morgan fingerprint density at radius 2 is 2.00 bits per heavy atom. The molecule has 0 aliphatic carbocycles. The van der Waals surface area contributed by atoms with E-state index in [1.807, 2.05) is 6.92 Å². The summed E-state index contributed by atoms with van der Waals surface area (Å²) >= 11 is 0. The number of carbonyl (C=O) groups is 1. The molecule has 1 aromatic carbocycles. The largest absolute Gasteiger partial charge is 0.481 e. The van der Waals surface area contributed by atoms with Crippen LogP contribution in [0.4, 0.5) is 4.39 Å². The summed E-state index contributed by atoms with van der Waals surface area (Å²) in [5.74, 6) is 1.08. The number of benzene rings is 1. The number of ether oxygens (including phenoxy) is 1. The molecule has 2 aromatic rings. The average Bonchev–Trinajstić information content (AvgIpc) is 3.21. The molecule has 0 radical (unpaired) electrons. The fourth-order valence-electron chi connectivity index (χ4n) is 2.84. The molecule has 3 rings (SSSR count). The molecule has 0 N–H and O–H groups in total. The van der Waals surface area contributed by atoms with Crippen molar-refractivity contribution in [3.63, 3.8) is 0 Å². The Labute approximate surface area is 139 Å². The van der Waals surface area contributed by atoms with Gasteiger partial charge in [0.25, 0.3) is 5.89 Å². The molecule has 7 heteroatoms. The van der Waals surface area contributed by atoms with Crippen LogP contribution in [-0.4, -0.2) is 27.5 Å². The van der Waals surface area contributed by atoms with Gasteiger partial charge in [0.1, 0.15) is 17.6 Å². The first-order chi connectivity index (χ1) is 11.6. The predicted molar refractivity (Wildman–Crippen MR) is 83.7 cm³/mol. The second kappa shape index (κ2) is 6.98. The highest BCUT2D eigenvalue weighted by molar-refractivity contribution is 5.78. The van der Waals surface area contributed by atoms with Crippen molar-refractivity contribution in [3.8, 4) is 5.75 Å². The van der Waals surface area contributed by atoms with Crippen molar-refractivity contribution in [3.05, 3.63) is 41.9 Å². The summed E-state index contributed by atoms with van der Waals surface area (Å²) < 4.78 is 24.4. The maximum atomic E-state index is 12.9. The Hall–Kier alpha value is -2.44. The van der Waals surface area contributed by atoms with Crippen LogP contribution in [0.3, 0.4) is 0 Å². The average molecular weight is 333 g/mol. The lowest BCUT2D eigenvalue weighted by Gasteiger charge is -2.23. The molecule has 0 unspecified atom stereocenters. The summed E-state index contributed by atoms with van der Waals surface area (Å²) in [6, 6.07) is 5.54. The third-order valence-corrected chi connectivity index (χ3v) is 4.09. The van der Waals surface area contributed by atoms with Crippen LogP contribution >= 0.6 is 0 Å². The molecular weight excluding hydrogens is 313 g/mol. The van der Waals surface area contributed by atoms with Crippen LogP contribution < -0.4 is 4.74 Å². The van der Waals surface area contributed by atoms with Crippen LogP contribution in [-0.2, 0) is 4.79 Å². The van der Waals surface area contributed by atoms with Gasteiger partial charge >= 0.3 is 0 Å². The Kier molecular flexibility index (Phi) is 4.78. The summed E-state index contributed by atoms with van der Waals surface area (Å²) in [6.07, 6.45) is 1.67. The Morgan fingerprint density at radius 1 is 1.29 bits per heavy atom. The quantitative estimate of drug-likeness (QED) is 0.810. The molecule has 1 aromatic heterocycles. The van der Waals surface area contributed by atoms with E-state index in [4.69, 9.17) is 9.15 Å². The minimum atomic E-state index is -0.469. The molecule has 2 atom stereocenters. The first-order valence-electron chi connectivity index (χ1n) is 8.13. The van der Waals surface area contributed by atoms with E-state index in [1.165, 1.54) is 12.1 Å². The molecule has 128 valence electrons. The van der Waals surface area contributed by atoms with Crippen molar-refractivity contribution in [1.82, 2.24) is 15.1 Å². The Bertz CT molecular complexity index is 701. The first kappa shape index (κ1) is 16.4. The van der Waals surface area contributed by atoms with Gasteiger partial charge in [0, 0.05) is 13.0 Å². The summed E-state index contributed by atoms with van der Waals surface area (Å²) in [4.78, 5) is 13.7. The van der Waals surface area contributed by atoms with E-state index in [0.29, 0.717) is 30.4 Å². The van der Waals surface area contributed by atoms with Crippen LogP contribution in [0.15, 0.2) is 28.7 Å². The van der Waals surface area contributed by atoms with Crippen molar-refractivity contribution in [2.45, 2.75) is 45.3 Å². The van der Waals surface area contributed by atoms with Gasteiger partial charge < -0.3 is 14.1 Å². The van der Waals surface area contributed by atoms with Gasteiger partial charge in [-0.3, -0.25) is 4.79 Å². The predicted octanol–water partition coefficient (Wildman–Crippen LogP) is 3.42. The van der Waals surface area contributed by atoms with Gasteiger partial charge in [-0.15, -0.1) is 10.2 Å². The highest BCUT2D eigenvalue weighted by atomic mass is 19.1. The van der Waals surface area contributed by atoms with Crippen molar-refractivity contribution in [2.24, 2.45) is 0 Å². The van der Waals surface area contributed by atoms with Crippen LogP contribution in [0.5, 0.6) is 5.75 Å². The highest BCUT2D eigenvalue weighted by Gasteiger charge is 2.32. The second-order valence-corrected chi connectivity index (χ2v) is 5.81. The smallest absolute Gasteiger partial charge is 0.256 e. The molecule has 1 aliphatic heterocycles. The van der Waals surface area contributed by atoms with Crippen molar-refractivity contribution < 1.29 is 18.3 Å². The lowest BCUT2D eigenvalue weighted by Crippen LogP contribution is -2.29. The zero-order chi connectivity index (χ0) is 17.1. The number of aromatic nitrogens is 2. The molecule has 0 bridgehead atoms. The number of carbonyl (C=O) groups excluding carboxylic acids is 1. The molecule has 6 nitrogen and oxygen atoms in total. The Morgan fingerprint density at radius 3 is 2.62 bits per heavy atom. The number of hydrogen-bond donors (Lipinski definition) is 0. The van der Waals surface area contributed by atoms with E-state index in [1.54, 1.807) is 24.0 Å². The first-order valence-corrected chi connectivity index (χ1v) is 8.13. The van der Waals surface area contributed by atoms with E-state index >= 15 is 0 Å². The number of likely N-dealkylation sites (tertiary alicyclic amines) is 1. The number of hydrogen-bond acceptors (Lipinski definition) is 5. The highest BCUT2D eigenvalue weighted by Crippen LogP contribution is 2.29. The van der Waals surface area contributed by atoms with Crippen LogP contribution in [0.25, 0.3) is 0 Å². The lowest BCUT2D eigenvalue weighted by atomic mass is 10.2. The minimum Gasteiger partial charge on any atom is -0.481 e. The fourth-order valence-corrected chi connectivity index (χ4v) is 2.84. The van der Waals surface area contributed by atoms with E-state index in [9.17, 15) is 9.18 Å². The molecule has 1 amide bonds. The number of nitrogens with zero attached hydrogens (tertiary/aromatic N) is 3. The van der Waals surface area contributed by atoms with E-state index < -0.39 is 6.10 Å². The normalized spacial score (nSPS) is 17.1. The molecule has 1 saturated heterocycles. The van der Waals surface area contributed by atoms with Crippen molar-refractivity contribution >= 4 is 5.91 Å². The summed E-state index contributed by atoms with van der Waals surface area (Å²) in [7, 11) is 0. The zero-order valence-electron chi connectivity index (χ0n) is 13.7. The van der Waals surface area contributed by atoms with Crippen LogP contribution in [0.1, 0.15) is 57.0 Å². The Balaban J connectivity index is 1.71. The third-order valence-electron chi connectivity index (χ3n) is 4.09. The topological polar surface area (TPSA) is 68.5 Å². The van der Waals surface area contributed by atoms with Gasteiger partial charge in [0.15, 0.2) is 6.10 Å². The number of rotatable bonds is 6. The molecule has 1 fully saturated rings. The molecule has 0 spiro atoms. The summed E-state index contributed by atoms with van der Waals surface area (Å²) in [6.45, 7) is 4.48. The molecule has 1 aliphatic rings. The third kappa shape index (κ3) is 3.39. The zero-order valence-corrected chi connectivity index (χ0v) is 13.7. The van der Waals surface area contributed by atoms with Crippen LogP contribution in [0, 0.1) is 5.82 Å². The van der Waals surface area contributed by atoms with Gasteiger partial charge in [0.2, 0.25) is 11.8 Å². The molecular formula is C17H20FN3O3. The van der Waals surface area contributed by atoms with Gasteiger partial charge in [-0.1, -0.05) is 6.92 Å². The van der Waals surface area contributed by atoms with E-state index in [-0.39, 0.29) is 17.8 Å². The van der Waals surface area contributed by atoms with Gasteiger partial charge in [-0.05, 0) is 44.0 Å². The summed E-state index contributed by atoms with van der Waals surface area (Å²) in [5.41, 5.74) is 0.